The van der Waals surface area contributed by atoms with Gasteiger partial charge in [0.05, 0.1) is 11.6 Å². The van der Waals surface area contributed by atoms with Crippen molar-refractivity contribution in [3.63, 3.8) is 0 Å². The molecule has 0 unspecified atom stereocenters. The van der Waals surface area contributed by atoms with Crippen LogP contribution in [0.4, 0.5) is 4.39 Å². The van der Waals surface area contributed by atoms with Crippen LogP contribution >= 0.6 is 23.2 Å². The minimum Gasteiger partial charge on any atom is -0.493 e. The molecule has 164 valence electrons. The lowest BCUT2D eigenvalue weighted by Gasteiger charge is -2.14. The van der Waals surface area contributed by atoms with Gasteiger partial charge in [0, 0.05) is 28.6 Å². The second kappa shape index (κ2) is 9.90. The molecule has 1 amide bonds. The number of fused-ring (bicyclic) bond motifs is 1. The third kappa shape index (κ3) is 5.70. The van der Waals surface area contributed by atoms with Gasteiger partial charge in [-0.1, -0.05) is 23.2 Å². The fourth-order valence-electron chi connectivity index (χ4n) is 3.82. The summed E-state index contributed by atoms with van der Waals surface area (Å²) in [4.78, 5) is 12.5. The third-order valence-electron chi connectivity index (χ3n) is 5.38. The monoisotopic (exact) mass is 464 g/mol. The van der Waals surface area contributed by atoms with E-state index in [1.807, 2.05) is 0 Å². The first kappa shape index (κ1) is 21.9. The maximum Gasteiger partial charge on any atom is 0.287 e. The zero-order valence-electron chi connectivity index (χ0n) is 16.8. The van der Waals surface area contributed by atoms with Gasteiger partial charge in [0.25, 0.3) is 5.91 Å². The van der Waals surface area contributed by atoms with Gasteiger partial charge < -0.3 is 19.8 Å². The second-order valence-corrected chi connectivity index (χ2v) is 8.55. The van der Waals surface area contributed by atoms with Gasteiger partial charge in [0.1, 0.15) is 17.1 Å². The number of nitrogens with one attached hydrogen (secondary N) is 2. The van der Waals surface area contributed by atoms with Crippen LogP contribution in [0.1, 0.15) is 36.2 Å². The number of ether oxygens (including phenoxy) is 1. The third-order valence-corrected chi connectivity index (χ3v) is 5.93. The molecule has 1 fully saturated rings. The smallest absolute Gasteiger partial charge is 0.287 e. The van der Waals surface area contributed by atoms with Crippen molar-refractivity contribution in [3.05, 3.63) is 64.1 Å². The lowest BCUT2D eigenvalue weighted by atomic mass is 10.2. The van der Waals surface area contributed by atoms with Gasteiger partial charge in [-0.25, -0.2) is 4.39 Å². The Kier molecular flexibility index (Phi) is 7.00. The Balaban J connectivity index is 1.17. The average molecular weight is 465 g/mol. The molecule has 3 aromatic rings. The van der Waals surface area contributed by atoms with E-state index in [2.05, 4.69) is 10.6 Å². The molecule has 1 aromatic heterocycles. The molecule has 1 aliphatic carbocycles. The number of halogens is 3. The molecule has 31 heavy (non-hydrogen) atoms. The highest BCUT2D eigenvalue weighted by Gasteiger charge is 2.26. The van der Waals surface area contributed by atoms with Gasteiger partial charge in [-0.2, -0.15) is 0 Å². The Hall–Kier alpha value is -2.28. The summed E-state index contributed by atoms with van der Waals surface area (Å²) in [6.45, 7) is 1.27. The predicted octanol–water partition coefficient (Wildman–Crippen LogP) is 5.59. The van der Waals surface area contributed by atoms with Crippen molar-refractivity contribution >= 4 is 40.1 Å². The molecule has 0 bridgehead atoms. The number of carbonyl (C=O) groups excluding carboxylic acids is 1. The number of hydrogen-bond donors (Lipinski definition) is 2. The lowest BCUT2D eigenvalue weighted by Crippen LogP contribution is -2.35. The van der Waals surface area contributed by atoms with Crippen LogP contribution in [0.15, 0.2) is 46.9 Å². The number of furan rings is 1. The van der Waals surface area contributed by atoms with Crippen molar-refractivity contribution in [3.8, 4) is 5.75 Å². The molecule has 8 heteroatoms. The predicted molar refractivity (Wildman–Crippen MR) is 120 cm³/mol. The highest BCUT2D eigenvalue weighted by molar-refractivity contribution is 6.31. The Bertz CT molecular complexity index is 1070. The van der Waals surface area contributed by atoms with E-state index in [1.165, 1.54) is 12.1 Å². The Morgan fingerprint density at radius 3 is 2.81 bits per heavy atom. The molecule has 1 heterocycles. The van der Waals surface area contributed by atoms with E-state index in [9.17, 15) is 9.18 Å². The van der Waals surface area contributed by atoms with E-state index in [0.717, 1.165) is 37.6 Å². The van der Waals surface area contributed by atoms with Crippen LogP contribution in [0, 0.1) is 5.82 Å². The van der Waals surface area contributed by atoms with Crippen molar-refractivity contribution in [2.75, 3.05) is 13.2 Å². The number of benzene rings is 2. The first-order valence-electron chi connectivity index (χ1n) is 10.3. The van der Waals surface area contributed by atoms with Crippen LogP contribution in [0.25, 0.3) is 11.0 Å². The standard InChI is InChI=1S/C23H23Cl2FN2O3/c24-15-2-7-21-14(10-15)11-22(31-21)23(29)28-17-4-3-16(12-17)27-8-1-9-30-18-5-6-19(25)20(26)13-18/h2,5-7,10-11,13,16-17,27H,1,3-4,8-9,12H2,(H,28,29)/t16-,17-/m1/s1. The molecule has 0 spiro atoms. The zero-order chi connectivity index (χ0) is 21.8. The maximum atomic E-state index is 13.4. The van der Waals surface area contributed by atoms with Crippen molar-refractivity contribution in [1.82, 2.24) is 10.6 Å². The minimum absolute atomic E-state index is 0.0848. The summed E-state index contributed by atoms with van der Waals surface area (Å²) in [5.74, 6) is 0.0761. The highest BCUT2D eigenvalue weighted by atomic mass is 35.5. The Labute approximate surface area is 189 Å². The van der Waals surface area contributed by atoms with Crippen LogP contribution in [-0.2, 0) is 0 Å². The van der Waals surface area contributed by atoms with Gasteiger partial charge in [-0.05, 0) is 68.6 Å². The molecule has 0 saturated heterocycles. The van der Waals surface area contributed by atoms with E-state index in [-0.39, 0.29) is 17.0 Å². The fourth-order valence-corrected chi connectivity index (χ4v) is 4.11. The molecule has 2 N–H and O–H groups in total. The molecular formula is C23H23Cl2FN2O3. The highest BCUT2D eigenvalue weighted by Crippen LogP contribution is 2.24. The van der Waals surface area contributed by atoms with Crippen molar-refractivity contribution < 1.29 is 18.3 Å². The summed E-state index contributed by atoms with van der Waals surface area (Å²) < 4.78 is 24.6. The number of rotatable bonds is 8. The minimum atomic E-state index is -0.484. The molecule has 0 aliphatic heterocycles. The summed E-state index contributed by atoms with van der Waals surface area (Å²) in [5.41, 5.74) is 0.643. The zero-order valence-corrected chi connectivity index (χ0v) is 18.3. The summed E-state index contributed by atoms with van der Waals surface area (Å²) in [7, 11) is 0. The van der Waals surface area contributed by atoms with Crippen LogP contribution in [0.3, 0.4) is 0 Å². The van der Waals surface area contributed by atoms with Gasteiger partial charge in [-0.15, -0.1) is 0 Å². The number of carbonyl (C=O) groups is 1. The largest absolute Gasteiger partial charge is 0.493 e. The van der Waals surface area contributed by atoms with Crippen LogP contribution < -0.4 is 15.4 Å². The Morgan fingerprint density at radius 1 is 1.13 bits per heavy atom. The van der Waals surface area contributed by atoms with E-state index >= 15 is 0 Å². The normalized spacial score (nSPS) is 18.4. The Morgan fingerprint density at radius 2 is 1.97 bits per heavy atom. The summed E-state index contributed by atoms with van der Waals surface area (Å²) in [5, 5.41) is 8.06. The molecule has 1 aliphatic rings. The molecule has 0 radical (unpaired) electrons. The summed E-state index contributed by atoms with van der Waals surface area (Å²) in [6, 6.07) is 11.9. The lowest BCUT2D eigenvalue weighted by molar-refractivity contribution is 0.0911. The second-order valence-electron chi connectivity index (χ2n) is 7.71. The number of amides is 1. The molecule has 1 saturated carbocycles. The molecule has 2 atom stereocenters. The van der Waals surface area contributed by atoms with Crippen LogP contribution in [-0.4, -0.2) is 31.1 Å². The average Bonchev–Trinajstić information content (AvgIpc) is 3.36. The summed E-state index contributed by atoms with van der Waals surface area (Å²) in [6.07, 6.45) is 3.56. The van der Waals surface area contributed by atoms with Gasteiger partial charge in [0.2, 0.25) is 0 Å². The quantitative estimate of drug-likeness (QED) is 0.426. The van der Waals surface area contributed by atoms with Crippen LogP contribution in [0.2, 0.25) is 10.0 Å². The SMILES string of the molecule is O=C(N[C@@H]1CC[C@@H](NCCCOc2ccc(Cl)c(F)c2)C1)c1cc2cc(Cl)ccc2o1. The molecule has 5 nitrogen and oxygen atoms in total. The molecule has 2 aromatic carbocycles. The van der Waals surface area contributed by atoms with E-state index in [0.29, 0.717) is 34.8 Å². The summed E-state index contributed by atoms with van der Waals surface area (Å²) >= 11 is 11.7. The first-order chi connectivity index (χ1) is 15.0. The van der Waals surface area contributed by atoms with Crippen molar-refractivity contribution in [1.29, 1.82) is 0 Å². The van der Waals surface area contributed by atoms with Gasteiger partial charge >= 0.3 is 0 Å². The first-order valence-corrected chi connectivity index (χ1v) is 11.0. The fraction of sp³-hybridized carbons (Fsp3) is 0.348. The van der Waals surface area contributed by atoms with E-state index < -0.39 is 5.82 Å². The molecule has 4 rings (SSSR count). The topological polar surface area (TPSA) is 63.5 Å². The van der Waals surface area contributed by atoms with Crippen molar-refractivity contribution in [2.45, 2.75) is 37.8 Å². The maximum absolute atomic E-state index is 13.4. The number of hydrogen-bond acceptors (Lipinski definition) is 4. The van der Waals surface area contributed by atoms with Gasteiger partial charge in [-0.3, -0.25) is 4.79 Å². The molecular weight excluding hydrogens is 442 g/mol. The van der Waals surface area contributed by atoms with E-state index in [1.54, 1.807) is 30.3 Å². The van der Waals surface area contributed by atoms with Crippen LogP contribution in [0.5, 0.6) is 5.75 Å². The van der Waals surface area contributed by atoms with Crippen molar-refractivity contribution in [2.24, 2.45) is 0 Å². The van der Waals surface area contributed by atoms with Gasteiger partial charge in [0.15, 0.2) is 5.76 Å². The van der Waals surface area contributed by atoms with E-state index in [4.69, 9.17) is 32.4 Å².